The molecule has 22 nitrogen and oxygen atoms in total. The molecule has 22 heteroatoms. The third kappa shape index (κ3) is 31.6. The fourth-order valence-corrected chi connectivity index (χ4v) is 11.5. The molecule has 0 radical (unpaired) electrons. The van der Waals surface area contributed by atoms with Gasteiger partial charge in [0.15, 0.2) is 11.6 Å². The number of urea groups is 1. The van der Waals surface area contributed by atoms with E-state index >= 15 is 0 Å². The van der Waals surface area contributed by atoms with Gasteiger partial charge in [0.2, 0.25) is 35.4 Å². The largest absolute Gasteiger partial charge is 0.444 e. The first kappa shape index (κ1) is 87.7. The third-order valence-electron chi connectivity index (χ3n) is 17.2. The van der Waals surface area contributed by atoms with Crippen molar-refractivity contribution >= 4 is 64.8 Å². The van der Waals surface area contributed by atoms with Crippen molar-refractivity contribution in [1.82, 2.24) is 42.5 Å². The van der Waals surface area contributed by atoms with Crippen LogP contribution in [0.15, 0.2) is 152 Å². The van der Waals surface area contributed by atoms with Gasteiger partial charge in [0.05, 0.1) is 25.3 Å². The highest BCUT2D eigenvalue weighted by atomic mass is 16.6. The molecule has 9 amide bonds. The van der Waals surface area contributed by atoms with Crippen molar-refractivity contribution in [2.24, 2.45) is 23.7 Å². The Morgan fingerprint density at radius 1 is 0.390 bits per heavy atom. The maximum Gasteiger partial charge on any atom is 0.408 e. The van der Waals surface area contributed by atoms with E-state index in [4.69, 9.17) is 14.2 Å². The maximum atomic E-state index is 14.1. The van der Waals surface area contributed by atoms with Crippen molar-refractivity contribution in [3.63, 3.8) is 0 Å². The molecule has 5 aromatic carbocycles. The Kier molecular flexibility index (Phi) is 35.8. The van der Waals surface area contributed by atoms with Gasteiger partial charge in [0.25, 0.3) is 0 Å². The molecule has 0 spiro atoms. The number of para-hydroxylation sites is 1. The number of ketones is 2. The highest BCUT2D eigenvalue weighted by molar-refractivity contribution is 6.00. The Hall–Kier alpha value is -9.72. The number of benzene rings is 5. The minimum absolute atomic E-state index is 0. The molecule has 0 saturated carbocycles. The minimum Gasteiger partial charge on any atom is -0.444 e. The van der Waals surface area contributed by atoms with Crippen LogP contribution >= 0.6 is 0 Å². The van der Waals surface area contributed by atoms with E-state index in [9.17, 15) is 47.9 Å². The second-order valence-electron chi connectivity index (χ2n) is 29.8. The van der Waals surface area contributed by atoms with Gasteiger partial charge in [-0.1, -0.05) is 202 Å². The zero-order valence-corrected chi connectivity index (χ0v) is 62.8. The number of hydrogen-bond acceptors (Lipinski definition) is 13. The molecule has 2 heterocycles. The first-order chi connectivity index (χ1) is 49.3. The van der Waals surface area contributed by atoms with Crippen LogP contribution in [0.2, 0.25) is 0 Å². The molecular weight excluding hydrogens is 1330 g/mol. The number of amides is 9. The summed E-state index contributed by atoms with van der Waals surface area (Å²) >= 11 is 0. The summed E-state index contributed by atoms with van der Waals surface area (Å²) in [5, 5.41) is 25.5. The standard InChI is InChI=1S/C41H53N5O6.C39H56N4O7.C2H2.CH4/c1-27(2)23-33(36(47)41(5)26-52-41)43-39(50)35(25-30-17-11-7-12-18-30)45-38(49)34(24-28(3)4)44-37(48)32(22-21-29-15-9-6-10-16-29)46-40(51)42-31-19-13-8-14-20-31;1-25(2)21-30(33(44)39(8)24-49-39)40-36(47)32(23-28-17-13-10-14-18-28)42-35(46)31(22-26(3)4)41-34(45)29(43-37(48)50-38(5,6)7)20-19-27-15-11-9-12-16-27;1-2;/h6-20,27-28,32-35H,21-26H2,1-5H3,(H,43,50)(H,44,48)(H,45,49)(H2,42,46,51);9-18,25-26,29-32H,19-24H2,1-8H3,(H,40,47)(H,41,45)(H,42,46)(H,43,48);1-2H;1H4/t32-,33-,34-,35-,41+;29-,30-,31-,32-,39+;;/m00../s1. The molecule has 0 aromatic heterocycles. The number of carbonyl (C=O) groups is 10. The lowest BCUT2D eigenvalue weighted by molar-refractivity contribution is -0.134. The summed E-state index contributed by atoms with van der Waals surface area (Å²) in [6, 6.07) is 38.4. The predicted octanol–water partition coefficient (Wildman–Crippen LogP) is 10.5. The normalized spacial score (nSPS) is 17.1. The van der Waals surface area contributed by atoms with E-state index in [1.54, 1.807) is 58.9 Å². The first-order valence-electron chi connectivity index (χ1n) is 36.1. The number of carbonyl (C=O) groups excluding carboxylic acids is 10. The van der Waals surface area contributed by atoms with Crippen molar-refractivity contribution in [2.45, 2.75) is 227 Å². The van der Waals surface area contributed by atoms with Crippen LogP contribution in [0.4, 0.5) is 15.3 Å². The van der Waals surface area contributed by atoms with E-state index in [0.717, 1.165) is 22.3 Å². The lowest BCUT2D eigenvalue weighted by Crippen LogP contribution is -2.59. The molecule has 570 valence electrons. The van der Waals surface area contributed by atoms with Gasteiger partial charge in [0.1, 0.15) is 53.1 Å². The van der Waals surface area contributed by atoms with Gasteiger partial charge in [0, 0.05) is 18.5 Å². The van der Waals surface area contributed by atoms with E-state index in [1.807, 2.05) is 183 Å². The molecule has 105 heavy (non-hydrogen) atoms. The number of anilines is 1. The monoisotopic (exact) mass is 1450 g/mol. The molecule has 10 atom stereocenters. The quantitative estimate of drug-likeness (QED) is 0.0132. The van der Waals surface area contributed by atoms with E-state index < -0.39 is 113 Å². The lowest BCUT2D eigenvalue weighted by Gasteiger charge is -2.28. The number of aryl methyl sites for hydroxylation is 2. The van der Waals surface area contributed by atoms with Gasteiger partial charge in [-0.15, -0.1) is 12.8 Å². The average molecular weight is 1450 g/mol. The summed E-state index contributed by atoms with van der Waals surface area (Å²) in [5.74, 6) is -3.34. The topological polar surface area (TPSA) is 313 Å². The van der Waals surface area contributed by atoms with Gasteiger partial charge >= 0.3 is 12.1 Å². The van der Waals surface area contributed by atoms with E-state index in [2.05, 4.69) is 60.7 Å². The van der Waals surface area contributed by atoms with Crippen LogP contribution in [-0.2, 0) is 78.3 Å². The average Bonchev–Trinajstić information content (AvgIpc) is 1.65. The van der Waals surface area contributed by atoms with Crippen molar-refractivity contribution in [3.8, 4) is 12.8 Å². The molecule has 2 fully saturated rings. The van der Waals surface area contributed by atoms with Gasteiger partial charge in [-0.3, -0.25) is 38.4 Å². The van der Waals surface area contributed by atoms with Crippen LogP contribution in [0.1, 0.15) is 158 Å². The second-order valence-corrected chi connectivity index (χ2v) is 29.8. The zero-order valence-electron chi connectivity index (χ0n) is 62.8. The second kappa shape index (κ2) is 42.9. The van der Waals surface area contributed by atoms with Crippen molar-refractivity contribution in [3.05, 3.63) is 174 Å². The zero-order chi connectivity index (χ0) is 76.7. The number of nitrogens with one attached hydrogen (secondary N) is 9. The van der Waals surface area contributed by atoms with Crippen LogP contribution in [0, 0.1) is 36.5 Å². The van der Waals surface area contributed by atoms with Crippen molar-refractivity contribution in [1.29, 1.82) is 0 Å². The highest BCUT2D eigenvalue weighted by Crippen LogP contribution is 2.31. The van der Waals surface area contributed by atoms with Crippen LogP contribution in [0.5, 0.6) is 0 Å². The van der Waals surface area contributed by atoms with Crippen molar-refractivity contribution < 1.29 is 62.2 Å². The first-order valence-corrected chi connectivity index (χ1v) is 36.1. The van der Waals surface area contributed by atoms with Crippen molar-refractivity contribution in [2.75, 3.05) is 18.5 Å². The number of rotatable bonds is 37. The number of ether oxygens (including phenoxy) is 3. The summed E-state index contributed by atoms with van der Waals surface area (Å²) in [6.07, 6.45) is 10.5. The molecule has 2 saturated heterocycles. The van der Waals surface area contributed by atoms with Gasteiger partial charge in [-0.25, -0.2) is 9.59 Å². The molecule has 0 bridgehead atoms. The molecule has 5 aromatic rings. The van der Waals surface area contributed by atoms with Gasteiger partial charge < -0.3 is 62.1 Å². The SMILES string of the molecule is C.C#C.CC(C)C[C@H](NC(=O)[C@H](CCc1ccccc1)NC(=O)Nc1ccccc1)C(=O)N[C@@H](Cc1ccccc1)C(=O)N[C@@H](CC(C)C)C(=O)[C@@]1(C)CO1.CC(C)C[C@H](NC(=O)[C@H](CCc1ccccc1)NC(=O)OC(C)(C)C)C(=O)N[C@@H](Cc1ccccc1)C(=O)N[C@@H](CC(C)C)C(=O)[C@@]1(C)CO1. The van der Waals surface area contributed by atoms with E-state index in [-0.39, 0.29) is 81.2 Å². The Morgan fingerprint density at radius 2 is 0.657 bits per heavy atom. The van der Waals surface area contributed by atoms with Crippen LogP contribution in [0.3, 0.4) is 0 Å². The molecule has 2 aliphatic heterocycles. The van der Waals surface area contributed by atoms with Crippen LogP contribution in [0.25, 0.3) is 0 Å². The molecular formula is C83H115N9O13. The summed E-state index contributed by atoms with van der Waals surface area (Å²) in [6.45, 7) is 24.8. The molecule has 9 N–H and O–H groups in total. The minimum atomic E-state index is -1.04. The molecule has 2 aliphatic rings. The number of terminal acetylenes is 1. The molecule has 7 rings (SSSR count). The smallest absolute Gasteiger partial charge is 0.408 e. The Balaban J connectivity index is 0.000000430. The highest BCUT2D eigenvalue weighted by Gasteiger charge is 2.51. The van der Waals surface area contributed by atoms with Crippen LogP contribution < -0.4 is 47.9 Å². The number of epoxide rings is 2. The Labute approximate surface area is 622 Å². The molecule has 0 aliphatic carbocycles. The summed E-state index contributed by atoms with van der Waals surface area (Å²) in [7, 11) is 0. The summed E-state index contributed by atoms with van der Waals surface area (Å²) in [5.41, 5.74) is 1.53. The number of alkyl carbamates (subject to hydrolysis) is 1. The lowest BCUT2D eigenvalue weighted by atomic mass is 9.93. The van der Waals surface area contributed by atoms with Crippen LogP contribution in [-0.4, -0.2) is 137 Å². The fourth-order valence-electron chi connectivity index (χ4n) is 11.5. The maximum absolute atomic E-state index is 14.1. The number of hydrogen-bond donors (Lipinski definition) is 9. The molecule has 0 unspecified atom stereocenters. The predicted molar refractivity (Wildman–Crippen MR) is 410 cm³/mol. The van der Waals surface area contributed by atoms with Gasteiger partial charge in [-0.2, -0.15) is 0 Å². The summed E-state index contributed by atoms with van der Waals surface area (Å²) in [4.78, 5) is 136. The third-order valence-corrected chi connectivity index (χ3v) is 17.2. The Morgan fingerprint density at radius 3 is 0.971 bits per heavy atom. The summed E-state index contributed by atoms with van der Waals surface area (Å²) < 4.78 is 16.2. The van der Waals surface area contributed by atoms with E-state index in [1.165, 1.54) is 0 Å². The van der Waals surface area contributed by atoms with E-state index in [0.29, 0.717) is 44.6 Å². The fraction of sp³-hybridized carbons (Fsp3) is 0.494. The van der Waals surface area contributed by atoms with Gasteiger partial charge in [-0.05, 0) is 144 Å². The number of Topliss-reactive ketones (excluding diaryl/α,β-unsaturated/α-hetero) is 2. The Bertz CT molecular complexity index is 3580.